The number of hydrogen-bond acceptors (Lipinski definition) is 8. The number of nitrogens with zero attached hydrogens (tertiary/aromatic N) is 2. The molecule has 1 fully saturated rings. The summed E-state index contributed by atoms with van der Waals surface area (Å²) in [4.78, 5) is 44.5. The van der Waals surface area contributed by atoms with E-state index in [9.17, 15) is 14.4 Å². The largest absolute Gasteiger partial charge is 0.493 e. The minimum atomic E-state index is -0.771. The van der Waals surface area contributed by atoms with E-state index in [0.29, 0.717) is 25.1 Å². The number of esters is 1. The number of likely N-dealkylation sites (tertiary alicyclic amines) is 1. The maximum Gasteiger partial charge on any atom is 0.328 e. The number of ether oxygens (including phenoxy) is 4. The molecular weight excluding hydrogens is 464 g/mol. The lowest BCUT2D eigenvalue weighted by Gasteiger charge is -2.33. The molecule has 36 heavy (non-hydrogen) atoms. The second-order valence-electron chi connectivity index (χ2n) is 8.59. The zero-order valence-electron chi connectivity index (χ0n) is 21.2. The first-order valence-corrected chi connectivity index (χ1v) is 12.2. The van der Waals surface area contributed by atoms with Gasteiger partial charge in [0.1, 0.15) is 6.04 Å². The van der Waals surface area contributed by atoms with Gasteiger partial charge in [-0.25, -0.2) is 4.79 Å². The molecule has 2 aromatic rings. The molecule has 1 saturated heterocycles. The van der Waals surface area contributed by atoms with Gasteiger partial charge < -0.3 is 23.8 Å². The van der Waals surface area contributed by atoms with Crippen molar-refractivity contribution in [3.05, 3.63) is 47.8 Å². The summed E-state index contributed by atoms with van der Waals surface area (Å²) in [6.45, 7) is 0.602. The molecule has 1 aliphatic heterocycles. The van der Waals surface area contributed by atoms with Crippen LogP contribution in [0.2, 0.25) is 0 Å². The summed E-state index contributed by atoms with van der Waals surface area (Å²) in [5.74, 6) is -1.10. The lowest BCUT2D eigenvalue weighted by Crippen LogP contribution is -2.51. The average molecular weight is 499 g/mol. The summed E-state index contributed by atoms with van der Waals surface area (Å²) >= 11 is 0. The van der Waals surface area contributed by atoms with Crippen LogP contribution in [0.5, 0.6) is 17.2 Å². The molecule has 1 aromatic carbocycles. The van der Waals surface area contributed by atoms with E-state index in [0.717, 1.165) is 32.1 Å². The minimum Gasteiger partial charge on any atom is -0.493 e. The Kier molecular flexibility index (Phi) is 10.1. The minimum absolute atomic E-state index is 0.0980. The smallest absolute Gasteiger partial charge is 0.328 e. The van der Waals surface area contributed by atoms with E-state index in [4.69, 9.17) is 18.9 Å². The Bertz CT molecular complexity index is 1020. The molecule has 194 valence electrons. The predicted molar refractivity (Wildman–Crippen MR) is 133 cm³/mol. The number of aromatic nitrogens is 1. The van der Waals surface area contributed by atoms with Crippen molar-refractivity contribution in [3.63, 3.8) is 0 Å². The van der Waals surface area contributed by atoms with Crippen LogP contribution in [0.1, 0.15) is 54.4 Å². The van der Waals surface area contributed by atoms with Crippen molar-refractivity contribution in [1.82, 2.24) is 9.88 Å². The summed E-state index contributed by atoms with van der Waals surface area (Å²) in [5, 5.41) is 0. The second kappa shape index (κ2) is 13.5. The fourth-order valence-corrected chi connectivity index (χ4v) is 4.31. The lowest BCUT2D eigenvalue weighted by molar-refractivity contribution is -0.155. The number of aryl methyl sites for hydroxylation is 1. The maximum atomic E-state index is 13.2. The monoisotopic (exact) mass is 498 g/mol. The Hall–Kier alpha value is -3.62. The first-order chi connectivity index (χ1) is 17.5. The van der Waals surface area contributed by atoms with Crippen LogP contribution in [0.25, 0.3) is 0 Å². The van der Waals surface area contributed by atoms with Gasteiger partial charge in [-0.2, -0.15) is 0 Å². The predicted octanol–water partition coefficient (Wildman–Crippen LogP) is 3.63. The van der Waals surface area contributed by atoms with Gasteiger partial charge in [-0.05, 0) is 68.7 Å². The van der Waals surface area contributed by atoms with E-state index < -0.39 is 23.7 Å². The Morgan fingerprint density at radius 2 is 1.75 bits per heavy atom. The summed E-state index contributed by atoms with van der Waals surface area (Å²) < 4.78 is 21.4. The van der Waals surface area contributed by atoms with Crippen LogP contribution in [-0.4, -0.2) is 68.1 Å². The molecule has 0 bridgehead atoms. The molecule has 1 atom stereocenters. The van der Waals surface area contributed by atoms with E-state index in [2.05, 4.69) is 4.98 Å². The molecule has 0 aliphatic carbocycles. The van der Waals surface area contributed by atoms with E-state index >= 15 is 0 Å². The summed E-state index contributed by atoms with van der Waals surface area (Å²) in [5.41, 5.74) is 1.28. The van der Waals surface area contributed by atoms with Crippen molar-refractivity contribution in [3.8, 4) is 17.2 Å². The average Bonchev–Trinajstić information content (AvgIpc) is 2.93. The number of ketones is 1. The zero-order chi connectivity index (χ0) is 25.9. The van der Waals surface area contributed by atoms with Crippen molar-refractivity contribution in [1.29, 1.82) is 0 Å². The van der Waals surface area contributed by atoms with E-state index in [1.165, 1.54) is 43.9 Å². The SMILES string of the molecule is COc1cc(C(=O)C(=O)N2CCCC[C@H]2C(=O)OCCCCCc2cccnc2)cc(OC)c1OC. The molecule has 1 aromatic heterocycles. The van der Waals surface area contributed by atoms with Gasteiger partial charge in [-0.1, -0.05) is 6.07 Å². The molecule has 2 heterocycles. The number of piperidine rings is 1. The first kappa shape index (κ1) is 27.0. The Morgan fingerprint density at radius 1 is 1.00 bits per heavy atom. The van der Waals surface area contributed by atoms with E-state index in [1.807, 2.05) is 18.3 Å². The van der Waals surface area contributed by atoms with Crippen molar-refractivity contribution >= 4 is 17.7 Å². The van der Waals surface area contributed by atoms with Crippen LogP contribution in [-0.2, 0) is 20.7 Å². The lowest BCUT2D eigenvalue weighted by atomic mass is 10.00. The van der Waals surface area contributed by atoms with Gasteiger partial charge in [0.25, 0.3) is 11.7 Å². The molecule has 3 rings (SSSR count). The normalized spacial score (nSPS) is 15.2. The fourth-order valence-electron chi connectivity index (χ4n) is 4.31. The number of methoxy groups -OCH3 is 3. The third-order valence-electron chi connectivity index (χ3n) is 6.23. The van der Waals surface area contributed by atoms with Gasteiger partial charge in [0.05, 0.1) is 27.9 Å². The number of unbranched alkanes of at least 4 members (excludes halogenated alkanes) is 2. The number of benzene rings is 1. The van der Waals surface area contributed by atoms with Crippen molar-refractivity contribution < 1.29 is 33.3 Å². The van der Waals surface area contributed by atoms with Gasteiger partial charge in [-0.15, -0.1) is 0 Å². The second-order valence-corrected chi connectivity index (χ2v) is 8.59. The third-order valence-corrected chi connectivity index (χ3v) is 6.23. The van der Waals surface area contributed by atoms with Crippen LogP contribution in [0, 0.1) is 0 Å². The summed E-state index contributed by atoms with van der Waals surface area (Å²) in [6, 6.07) is 6.06. The number of pyridine rings is 1. The van der Waals surface area contributed by atoms with Crippen LogP contribution >= 0.6 is 0 Å². The van der Waals surface area contributed by atoms with Crippen LogP contribution in [0.4, 0.5) is 0 Å². The molecule has 9 heteroatoms. The Morgan fingerprint density at radius 3 is 2.39 bits per heavy atom. The van der Waals surface area contributed by atoms with E-state index in [-0.39, 0.29) is 23.7 Å². The number of amides is 1. The molecule has 0 spiro atoms. The van der Waals surface area contributed by atoms with Crippen LogP contribution in [0.3, 0.4) is 0 Å². The molecular formula is C27H34N2O7. The molecule has 0 radical (unpaired) electrons. The number of carbonyl (C=O) groups excluding carboxylic acids is 3. The Balaban J connectivity index is 1.57. The van der Waals surface area contributed by atoms with Gasteiger partial charge in [0, 0.05) is 24.5 Å². The van der Waals surface area contributed by atoms with Gasteiger partial charge in [0.2, 0.25) is 5.75 Å². The van der Waals surface area contributed by atoms with Gasteiger partial charge in [-0.3, -0.25) is 14.6 Å². The summed E-state index contributed by atoms with van der Waals surface area (Å²) in [7, 11) is 4.32. The van der Waals surface area contributed by atoms with E-state index in [1.54, 1.807) is 6.20 Å². The highest BCUT2D eigenvalue weighted by Gasteiger charge is 2.36. The highest BCUT2D eigenvalue weighted by molar-refractivity contribution is 6.43. The van der Waals surface area contributed by atoms with Gasteiger partial charge in [0.15, 0.2) is 11.5 Å². The van der Waals surface area contributed by atoms with Crippen molar-refractivity contribution in [2.45, 2.75) is 51.0 Å². The maximum absolute atomic E-state index is 13.2. The van der Waals surface area contributed by atoms with Crippen molar-refractivity contribution in [2.24, 2.45) is 0 Å². The van der Waals surface area contributed by atoms with Crippen molar-refractivity contribution in [2.75, 3.05) is 34.5 Å². The quantitative estimate of drug-likeness (QED) is 0.189. The zero-order valence-corrected chi connectivity index (χ0v) is 21.2. The molecule has 1 amide bonds. The number of hydrogen-bond donors (Lipinski definition) is 0. The number of rotatable bonds is 12. The van der Waals surface area contributed by atoms with Gasteiger partial charge >= 0.3 is 5.97 Å². The standard InChI is InChI=1S/C27H34N2O7/c1-33-22-16-20(17-23(34-2)25(22)35-3)24(30)26(31)29-14-7-6-12-21(29)27(32)36-15-8-4-5-10-19-11-9-13-28-18-19/h9,11,13,16-18,21H,4-8,10,12,14-15H2,1-3H3/t21-/m0/s1. The number of carbonyl (C=O) groups is 3. The Labute approximate surface area is 211 Å². The molecule has 0 N–H and O–H groups in total. The first-order valence-electron chi connectivity index (χ1n) is 12.2. The number of Topliss-reactive ketones (excluding diaryl/α,β-unsaturated/α-hetero) is 1. The topological polar surface area (TPSA) is 104 Å². The molecule has 0 unspecified atom stereocenters. The van der Waals surface area contributed by atoms with Crippen LogP contribution in [0.15, 0.2) is 36.7 Å². The highest BCUT2D eigenvalue weighted by Crippen LogP contribution is 2.38. The molecule has 0 saturated carbocycles. The molecule has 1 aliphatic rings. The summed E-state index contributed by atoms with van der Waals surface area (Å²) in [6.07, 6.45) is 9.12. The van der Waals surface area contributed by atoms with Crippen LogP contribution < -0.4 is 14.2 Å². The third kappa shape index (κ3) is 6.74. The highest BCUT2D eigenvalue weighted by atomic mass is 16.5. The fraction of sp³-hybridized carbons (Fsp3) is 0.481. The molecule has 9 nitrogen and oxygen atoms in total.